The number of nitrogens with zero attached hydrogens (tertiary/aromatic N) is 2. The quantitative estimate of drug-likeness (QED) is 0.303. The number of amides is 1. The second-order valence-electron chi connectivity index (χ2n) is 7.87. The minimum absolute atomic E-state index is 0.115. The van der Waals surface area contributed by atoms with E-state index in [9.17, 15) is 26.6 Å². The molecule has 0 spiro atoms. The van der Waals surface area contributed by atoms with Crippen LogP contribution in [0.1, 0.15) is 27.9 Å². The van der Waals surface area contributed by atoms with Gasteiger partial charge in [0.2, 0.25) is 5.88 Å². The van der Waals surface area contributed by atoms with Crippen molar-refractivity contribution in [3.05, 3.63) is 77.2 Å². The number of hydrogen-bond donors (Lipinski definition) is 2. The van der Waals surface area contributed by atoms with E-state index in [4.69, 9.17) is 10.5 Å². The van der Waals surface area contributed by atoms with E-state index >= 15 is 0 Å². The first kappa shape index (κ1) is 27.1. The van der Waals surface area contributed by atoms with Crippen LogP contribution in [0, 0.1) is 12.7 Å². The summed E-state index contributed by atoms with van der Waals surface area (Å²) in [6.07, 6.45) is -2.22. The molecule has 0 radical (unpaired) electrons. The monoisotopic (exact) mass is 524 g/mol. The van der Waals surface area contributed by atoms with Gasteiger partial charge in [-0.3, -0.25) is 4.79 Å². The lowest BCUT2D eigenvalue weighted by molar-refractivity contribution is -0.137. The summed E-state index contributed by atoms with van der Waals surface area (Å²) in [5.41, 5.74) is 4.33. The summed E-state index contributed by atoms with van der Waals surface area (Å²) in [6, 6.07) is 10.2. The van der Waals surface area contributed by atoms with Crippen molar-refractivity contribution in [1.82, 2.24) is 4.98 Å². The molecule has 7 nitrogen and oxygen atoms in total. The van der Waals surface area contributed by atoms with E-state index in [1.807, 2.05) is 0 Å². The number of nitrogens with two attached hydrogens (primary N) is 1. The Bertz CT molecular complexity index is 1390. The van der Waals surface area contributed by atoms with E-state index in [0.717, 1.165) is 6.07 Å². The first-order valence-corrected chi connectivity index (χ1v) is 12.6. The maximum Gasteiger partial charge on any atom is 0.417 e. The van der Waals surface area contributed by atoms with Gasteiger partial charge in [0.15, 0.2) is 0 Å². The van der Waals surface area contributed by atoms with Crippen molar-refractivity contribution >= 4 is 21.3 Å². The molecule has 0 saturated carbocycles. The normalized spacial score (nSPS) is 13.1. The number of halogens is 4. The van der Waals surface area contributed by atoms with Gasteiger partial charge in [-0.15, -0.1) is 0 Å². The number of alkyl halides is 3. The Kier molecular flexibility index (Phi) is 8.31. The number of benzene rings is 2. The molecule has 0 fully saturated rings. The summed E-state index contributed by atoms with van der Waals surface area (Å²) < 4.78 is 76.1. The number of hydrogen-bond acceptors (Lipinski definition) is 6. The van der Waals surface area contributed by atoms with Crippen LogP contribution in [-0.2, 0) is 15.9 Å². The van der Waals surface area contributed by atoms with Crippen molar-refractivity contribution in [2.75, 3.05) is 24.7 Å². The van der Waals surface area contributed by atoms with Crippen LogP contribution in [0.3, 0.4) is 0 Å². The summed E-state index contributed by atoms with van der Waals surface area (Å²) in [5.74, 6) is -1.75. The van der Waals surface area contributed by atoms with Crippen LogP contribution in [0.4, 0.5) is 23.2 Å². The van der Waals surface area contributed by atoms with Crippen LogP contribution in [0.25, 0.3) is 0 Å². The first-order chi connectivity index (χ1) is 16.9. The van der Waals surface area contributed by atoms with Crippen LogP contribution in [0.2, 0.25) is 0 Å². The molecule has 1 amide bonds. The number of aryl methyl sites for hydroxylation is 1. The zero-order valence-electron chi connectivity index (χ0n) is 19.4. The zero-order valence-corrected chi connectivity index (χ0v) is 20.3. The zero-order chi connectivity index (χ0) is 26.5. The maximum atomic E-state index is 13.4. The van der Waals surface area contributed by atoms with E-state index in [-0.39, 0.29) is 11.4 Å². The van der Waals surface area contributed by atoms with Crippen molar-refractivity contribution < 1.29 is 31.3 Å². The average molecular weight is 525 g/mol. The lowest BCUT2D eigenvalue weighted by atomic mass is 10.1. The predicted octanol–water partition coefficient (Wildman–Crippen LogP) is 5.40. The van der Waals surface area contributed by atoms with Crippen molar-refractivity contribution in [3.8, 4) is 11.6 Å². The predicted molar refractivity (Wildman–Crippen MR) is 128 cm³/mol. The van der Waals surface area contributed by atoms with Gasteiger partial charge in [-0.05, 0) is 67.9 Å². The fourth-order valence-corrected chi connectivity index (χ4v) is 4.40. The summed E-state index contributed by atoms with van der Waals surface area (Å²) in [6.45, 7) is 2.22. The van der Waals surface area contributed by atoms with Gasteiger partial charge in [0.25, 0.3) is 5.91 Å². The van der Waals surface area contributed by atoms with E-state index < -0.39 is 44.6 Å². The van der Waals surface area contributed by atoms with Gasteiger partial charge in [-0.1, -0.05) is 6.07 Å². The fourth-order valence-electron chi connectivity index (χ4n) is 3.10. The molecule has 0 bridgehead atoms. The fraction of sp³-hybridized carbons (Fsp3) is 0.250. The van der Waals surface area contributed by atoms with Gasteiger partial charge in [0, 0.05) is 29.6 Å². The third-order valence-corrected chi connectivity index (χ3v) is 6.80. The molecule has 36 heavy (non-hydrogen) atoms. The van der Waals surface area contributed by atoms with Crippen molar-refractivity contribution in [2.24, 2.45) is 10.1 Å². The van der Waals surface area contributed by atoms with E-state index in [1.54, 1.807) is 6.07 Å². The largest absolute Gasteiger partial charge is 0.438 e. The summed E-state index contributed by atoms with van der Waals surface area (Å²) in [7, 11) is -2.79. The maximum absolute atomic E-state index is 13.4. The highest BCUT2D eigenvalue weighted by molar-refractivity contribution is 7.93. The number of rotatable bonds is 8. The van der Waals surface area contributed by atoms with Crippen LogP contribution in [0.5, 0.6) is 11.6 Å². The summed E-state index contributed by atoms with van der Waals surface area (Å²) in [5, 5.41) is 2.49. The van der Waals surface area contributed by atoms with Crippen LogP contribution >= 0.6 is 0 Å². The lowest BCUT2D eigenvalue weighted by Crippen LogP contribution is -2.16. The van der Waals surface area contributed by atoms with E-state index in [2.05, 4.69) is 14.7 Å². The Balaban J connectivity index is 1.96. The molecular weight excluding hydrogens is 500 g/mol. The first-order valence-electron chi connectivity index (χ1n) is 10.7. The number of aromatic nitrogens is 1. The molecular formula is C24H24F4N4O3S. The Morgan fingerprint density at radius 3 is 2.61 bits per heavy atom. The molecule has 192 valence electrons. The number of nitrogens with one attached hydrogen (secondary N) is 1. The highest BCUT2D eigenvalue weighted by Crippen LogP contribution is 2.34. The standard InChI is InChI=1S/C24H24F4N4O3S/c1-15-11-17(25)7-8-21(15)35-23-20(12-16(14-30-23)24(26,27)28)22(33)32-18-5-3-6-19(13-18)36(2,34)31-10-4-9-29/h3,5-8,11-14H,4,9-10,29H2,1-2H3,(H,32,33)/t36-/m1/s1. The number of anilines is 1. The van der Waals surface area contributed by atoms with Crippen LogP contribution < -0.4 is 15.8 Å². The van der Waals surface area contributed by atoms with Gasteiger partial charge in [0.05, 0.1) is 15.3 Å². The van der Waals surface area contributed by atoms with E-state index in [1.165, 1.54) is 43.5 Å². The van der Waals surface area contributed by atoms with Gasteiger partial charge in [-0.2, -0.15) is 13.2 Å². The second kappa shape index (κ2) is 11.0. The van der Waals surface area contributed by atoms with Crippen molar-refractivity contribution in [2.45, 2.75) is 24.4 Å². The minimum atomic E-state index is -4.76. The molecule has 0 aliphatic heterocycles. The lowest BCUT2D eigenvalue weighted by Gasteiger charge is -2.15. The SMILES string of the molecule is Cc1cc(F)ccc1Oc1ncc(C(F)(F)F)cc1C(=O)Nc1cccc([S@@](C)(=O)=NCCCN)c1. The Labute approximate surface area is 205 Å². The van der Waals surface area contributed by atoms with E-state index in [0.29, 0.717) is 42.2 Å². The number of ether oxygens (including phenoxy) is 1. The Hall–Kier alpha value is -3.51. The van der Waals surface area contributed by atoms with Crippen molar-refractivity contribution in [3.63, 3.8) is 0 Å². The molecule has 3 N–H and O–H groups in total. The number of pyridine rings is 1. The second-order valence-corrected chi connectivity index (χ2v) is 10.2. The molecule has 1 atom stereocenters. The summed E-state index contributed by atoms with van der Waals surface area (Å²) >= 11 is 0. The van der Waals surface area contributed by atoms with Crippen molar-refractivity contribution in [1.29, 1.82) is 0 Å². The van der Waals surface area contributed by atoms with Crippen LogP contribution in [-0.4, -0.2) is 34.4 Å². The highest BCUT2D eigenvalue weighted by Gasteiger charge is 2.33. The molecule has 0 aliphatic carbocycles. The Morgan fingerprint density at radius 1 is 1.19 bits per heavy atom. The molecule has 1 aromatic heterocycles. The third kappa shape index (κ3) is 6.79. The average Bonchev–Trinajstić information content (AvgIpc) is 2.80. The number of carbonyl (C=O) groups is 1. The molecule has 3 aromatic rings. The van der Waals surface area contributed by atoms with Gasteiger partial charge >= 0.3 is 6.18 Å². The molecule has 1 heterocycles. The number of carbonyl (C=O) groups excluding carboxylic acids is 1. The molecule has 0 saturated heterocycles. The molecule has 2 aromatic carbocycles. The minimum Gasteiger partial charge on any atom is -0.438 e. The molecule has 0 aliphatic rings. The van der Waals surface area contributed by atoms with Gasteiger partial charge in [0.1, 0.15) is 17.1 Å². The summed E-state index contributed by atoms with van der Waals surface area (Å²) in [4.78, 5) is 17.1. The molecule has 3 rings (SSSR count). The van der Waals surface area contributed by atoms with Gasteiger partial charge in [-0.25, -0.2) is 17.9 Å². The smallest absolute Gasteiger partial charge is 0.417 e. The molecule has 12 heteroatoms. The Morgan fingerprint density at radius 2 is 1.94 bits per heavy atom. The molecule has 0 unspecified atom stereocenters. The van der Waals surface area contributed by atoms with Crippen LogP contribution in [0.15, 0.2) is 64.0 Å². The third-order valence-electron chi connectivity index (χ3n) is 5.00. The van der Waals surface area contributed by atoms with Gasteiger partial charge < -0.3 is 15.8 Å². The highest BCUT2D eigenvalue weighted by atomic mass is 32.2. The topological polar surface area (TPSA) is 107 Å².